The van der Waals surface area contributed by atoms with Gasteiger partial charge in [-0.05, 0) is 12.8 Å². The highest BCUT2D eigenvalue weighted by molar-refractivity contribution is 7.78. The molecule has 1 fully saturated rings. The van der Waals surface area contributed by atoms with Crippen molar-refractivity contribution in [2.24, 2.45) is 0 Å². The van der Waals surface area contributed by atoms with E-state index in [2.05, 4.69) is 23.1 Å². The third-order valence-corrected chi connectivity index (χ3v) is 2.97. The van der Waals surface area contributed by atoms with Crippen LogP contribution in [0, 0.1) is 0 Å². The Kier molecular flexibility index (Phi) is 4.73. The van der Waals surface area contributed by atoms with Crippen molar-refractivity contribution in [3.8, 4) is 0 Å². The summed E-state index contributed by atoms with van der Waals surface area (Å²) in [6.07, 6.45) is -4.98. The van der Waals surface area contributed by atoms with E-state index in [1.54, 1.807) is 0 Å². The second-order valence-corrected chi connectivity index (χ2v) is 4.55. The van der Waals surface area contributed by atoms with Gasteiger partial charge in [-0.3, -0.25) is 0 Å². The van der Waals surface area contributed by atoms with Crippen LogP contribution in [0.2, 0.25) is 0 Å². The maximum atomic E-state index is 9.71. The quantitative estimate of drug-likeness (QED) is 0.379. The fraction of sp³-hybridized carbons (Fsp3) is 0.778. The summed E-state index contributed by atoms with van der Waals surface area (Å²) in [5, 5.41) is 45.1. The molecule has 1 aliphatic rings. The van der Waals surface area contributed by atoms with Gasteiger partial charge < -0.3 is 29.9 Å². The summed E-state index contributed by atoms with van der Waals surface area (Å²) in [7, 11) is 0. The number of ether oxygens (including phenoxy) is 2. The van der Waals surface area contributed by atoms with Crippen molar-refractivity contribution >= 4 is 12.8 Å². The van der Waals surface area contributed by atoms with Gasteiger partial charge in [0.25, 0.3) is 0 Å². The lowest BCUT2D eigenvalue weighted by Crippen LogP contribution is -2.59. The first-order chi connectivity index (χ1) is 9.02. The minimum Gasteiger partial charge on any atom is -0.394 e. The zero-order chi connectivity index (χ0) is 14.0. The van der Waals surface area contributed by atoms with Gasteiger partial charge in [0, 0.05) is 0 Å². The molecular formula is C9H15N3O6S. The molecule has 9 nitrogen and oxygen atoms in total. The van der Waals surface area contributed by atoms with Gasteiger partial charge >= 0.3 is 0 Å². The highest BCUT2D eigenvalue weighted by atomic mass is 32.1. The molecule has 0 radical (unpaired) electrons. The van der Waals surface area contributed by atoms with Crippen LogP contribution >= 0.6 is 12.8 Å². The first-order valence-electron chi connectivity index (χ1n) is 5.55. The number of aromatic nitrogens is 3. The van der Waals surface area contributed by atoms with Crippen molar-refractivity contribution in [3.63, 3.8) is 0 Å². The maximum absolute atomic E-state index is 9.71. The smallest absolute Gasteiger partial charge is 0.187 e. The van der Waals surface area contributed by atoms with Crippen LogP contribution in [0.1, 0.15) is 5.69 Å². The average Bonchev–Trinajstić information content (AvgIpc) is 2.81. The molecule has 10 heteroatoms. The van der Waals surface area contributed by atoms with Crippen LogP contribution in [0.25, 0.3) is 0 Å². The highest BCUT2D eigenvalue weighted by Gasteiger charge is 2.44. The summed E-state index contributed by atoms with van der Waals surface area (Å²) in [6.45, 7) is -0.527. The van der Waals surface area contributed by atoms with E-state index in [-0.39, 0.29) is 6.61 Å². The maximum Gasteiger partial charge on any atom is 0.187 e. The van der Waals surface area contributed by atoms with Crippen LogP contribution in [0.5, 0.6) is 0 Å². The SMILES string of the molecule is OC[C@H]1O[C@@H](OCc2cn(S)nn2)[C@H](O)[C@@H](O)[C@H]1O. The molecule has 108 valence electrons. The van der Waals surface area contributed by atoms with Crippen LogP contribution in [-0.2, 0) is 16.1 Å². The molecule has 2 rings (SSSR count). The van der Waals surface area contributed by atoms with E-state index in [0.29, 0.717) is 5.69 Å². The molecule has 0 aliphatic carbocycles. The van der Waals surface area contributed by atoms with Crippen LogP contribution in [0.4, 0.5) is 0 Å². The molecule has 0 bridgehead atoms. The van der Waals surface area contributed by atoms with E-state index < -0.39 is 37.3 Å². The van der Waals surface area contributed by atoms with Gasteiger partial charge in [0.2, 0.25) is 0 Å². The molecule has 1 aromatic rings. The topological polar surface area (TPSA) is 130 Å². The Labute approximate surface area is 113 Å². The zero-order valence-corrected chi connectivity index (χ0v) is 10.7. The Morgan fingerprint density at radius 3 is 2.63 bits per heavy atom. The van der Waals surface area contributed by atoms with Gasteiger partial charge in [-0.25, -0.2) is 0 Å². The van der Waals surface area contributed by atoms with Crippen molar-refractivity contribution in [2.45, 2.75) is 37.3 Å². The first kappa shape index (κ1) is 14.7. The Bertz CT molecular complexity index is 416. The molecule has 0 unspecified atom stereocenters. The highest BCUT2D eigenvalue weighted by Crippen LogP contribution is 2.22. The second kappa shape index (κ2) is 6.13. The molecule has 1 aliphatic heterocycles. The molecule has 0 saturated carbocycles. The van der Waals surface area contributed by atoms with E-state index in [1.807, 2.05) is 0 Å². The number of aliphatic hydroxyl groups excluding tert-OH is 4. The number of nitrogens with zero attached hydrogens (tertiary/aromatic N) is 3. The predicted octanol–water partition coefficient (Wildman–Crippen LogP) is -2.71. The molecule has 0 spiro atoms. The summed E-state index contributed by atoms with van der Waals surface area (Å²) in [4.78, 5) is 0. The van der Waals surface area contributed by atoms with E-state index in [0.717, 1.165) is 0 Å². The summed E-state index contributed by atoms with van der Waals surface area (Å²) in [5.74, 6) is 0. The van der Waals surface area contributed by atoms with Crippen molar-refractivity contribution in [1.82, 2.24) is 14.4 Å². The zero-order valence-electron chi connectivity index (χ0n) is 9.77. The predicted molar refractivity (Wildman–Crippen MR) is 63.0 cm³/mol. The van der Waals surface area contributed by atoms with E-state index in [9.17, 15) is 15.3 Å². The number of thiol groups is 1. The minimum absolute atomic E-state index is 0.0246. The third kappa shape index (κ3) is 3.23. The summed E-state index contributed by atoms with van der Waals surface area (Å²) < 4.78 is 11.6. The lowest BCUT2D eigenvalue weighted by molar-refractivity contribution is -0.304. The summed E-state index contributed by atoms with van der Waals surface area (Å²) in [5.41, 5.74) is 0.451. The molecule has 4 N–H and O–H groups in total. The van der Waals surface area contributed by atoms with Crippen LogP contribution < -0.4 is 0 Å². The number of hydrogen-bond acceptors (Lipinski definition) is 9. The van der Waals surface area contributed by atoms with Crippen molar-refractivity contribution < 1.29 is 29.9 Å². The third-order valence-electron chi connectivity index (χ3n) is 2.77. The standard InChI is InChI=1S/C9H15N3O6S/c13-2-5-6(14)7(15)8(16)9(18-5)17-3-4-1-12(19)11-10-4/h1,5-9,13-16,19H,2-3H2/t5-,6+,7+,8-,9-/m1/s1. The molecular weight excluding hydrogens is 278 g/mol. The van der Waals surface area contributed by atoms with Gasteiger partial charge in [0.05, 0.1) is 19.4 Å². The molecule has 5 atom stereocenters. The molecule has 0 aromatic carbocycles. The normalized spacial score (nSPS) is 35.5. The van der Waals surface area contributed by atoms with Crippen LogP contribution in [0.3, 0.4) is 0 Å². The van der Waals surface area contributed by atoms with E-state index in [1.165, 1.54) is 10.3 Å². The van der Waals surface area contributed by atoms with Crippen molar-refractivity contribution in [1.29, 1.82) is 0 Å². The van der Waals surface area contributed by atoms with Gasteiger partial charge in [-0.2, -0.15) is 4.09 Å². The second-order valence-electron chi connectivity index (χ2n) is 4.14. The molecule has 1 saturated heterocycles. The Morgan fingerprint density at radius 2 is 2.05 bits per heavy atom. The molecule has 2 heterocycles. The van der Waals surface area contributed by atoms with Crippen molar-refractivity contribution in [3.05, 3.63) is 11.9 Å². The minimum atomic E-state index is -1.46. The summed E-state index contributed by atoms with van der Waals surface area (Å²) in [6, 6.07) is 0. The monoisotopic (exact) mass is 293 g/mol. The van der Waals surface area contributed by atoms with E-state index in [4.69, 9.17) is 14.6 Å². The lowest BCUT2D eigenvalue weighted by atomic mass is 9.99. The lowest BCUT2D eigenvalue weighted by Gasteiger charge is -2.39. The Morgan fingerprint density at radius 1 is 1.32 bits per heavy atom. The van der Waals surface area contributed by atoms with Gasteiger partial charge in [0.1, 0.15) is 30.1 Å². The Hall–Kier alpha value is -0.750. The molecule has 19 heavy (non-hydrogen) atoms. The van der Waals surface area contributed by atoms with E-state index >= 15 is 0 Å². The fourth-order valence-electron chi connectivity index (χ4n) is 1.73. The number of rotatable bonds is 4. The molecule has 1 aromatic heterocycles. The summed E-state index contributed by atoms with van der Waals surface area (Å²) >= 11 is 3.90. The van der Waals surface area contributed by atoms with Crippen LogP contribution in [0.15, 0.2) is 6.20 Å². The number of aliphatic hydroxyl groups is 4. The van der Waals surface area contributed by atoms with Gasteiger partial charge in [0.15, 0.2) is 6.29 Å². The Balaban J connectivity index is 1.95. The van der Waals surface area contributed by atoms with Crippen LogP contribution in [-0.4, -0.2) is 72.1 Å². The first-order valence-corrected chi connectivity index (χ1v) is 5.95. The number of hydrogen-bond donors (Lipinski definition) is 5. The van der Waals surface area contributed by atoms with Crippen molar-refractivity contribution in [2.75, 3.05) is 6.61 Å². The largest absolute Gasteiger partial charge is 0.394 e. The average molecular weight is 293 g/mol. The molecule has 0 amide bonds. The van der Waals surface area contributed by atoms with Gasteiger partial charge in [-0.1, -0.05) is 5.21 Å². The fourth-order valence-corrected chi connectivity index (χ4v) is 1.90. The van der Waals surface area contributed by atoms with Gasteiger partial charge in [-0.15, -0.1) is 5.10 Å².